The molecule has 3 aromatic heterocycles. The van der Waals surface area contributed by atoms with Gasteiger partial charge in [0.25, 0.3) is 5.91 Å². The smallest absolute Gasteiger partial charge is 0.329 e. The molecule has 0 fully saturated rings. The van der Waals surface area contributed by atoms with E-state index >= 15 is 0 Å². The quantitative estimate of drug-likeness (QED) is 0.175. The number of nitrogens with one attached hydrogen (secondary N) is 2. The van der Waals surface area contributed by atoms with E-state index in [0.29, 0.717) is 47.2 Å². The predicted molar refractivity (Wildman–Crippen MR) is 169 cm³/mol. The van der Waals surface area contributed by atoms with Gasteiger partial charge in [0.2, 0.25) is 6.41 Å². The molecule has 12 nitrogen and oxygen atoms in total. The summed E-state index contributed by atoms with van der Waals surface area (Å²) in [6, 6.07) is 13.2. The maximum Gasteiger partial charge on any atom is 0.329 e. The van der Waals surface area contributed by atoms with Crippen LogP contribution in [-0.2, 0) is 20.7 Å². The number of rotatable bonds is 12. The van der Waals surface area contributed by atoms with E-state index in [2.05, 4.69) is 30.6 Å². The Morgan fingerprint density at radius 2 is 1.73 bits per heavy atom. The monoisotopic (exact) mass is 596 g/mol. The van der Waals surface area contributed by atoms with Crippen molar-refractivity contribution in [1.29, 1.82) is 0 Å². The summed E-state index contributed by atoms with van der Waals surface area (Å²) < 4.78 is 5.75. The number of amides is 2. The SMILES string of the molecule is CCN(C(=O)c1ccncc1)c1cncnc1N[C@@H](Cc1ccc(N(C=O)c2ncccc2NC)cc1)C(=O)OC(C)(C)C. The molecule has 0 spiro atoms. The van der Waals surface area contributed by atoms with Gasteiger partial charge in [-0.1, -0.05) is 12.1 Å². The lowest BCUT2D eigenvalue weighted by atomic mass is 10.0. The van der Waals surface area contributed by atoms with Crippen molar-refractivity contribution in [2.45, 2.75) is 45.8 Å². The molecule has 0 aliphatic heterocycles. The molecule has 0 bridgehead atoms. The van der Waals surface area contributed by atoms with Crippen LogP contribution in [0, 0.1) is 0 Å². The molecule has 4 rings (SSSR count). The Hall–Kier alpha value is -5.39. The van der Waals surface area contributed by atoms with Gasteiger partial charge in [-0.2, -0.15) is 0 Å². The van der Waals surface area contributed by atoms with Crippen molar-refractivity contribution in [1.82, 2.24) is 19.9 Å². The first-order valence-electron chi connectivity index (χ1n) is 14.1. The number of ether oxygens (including phenoxy) is 1. The minimum absolute atomic E-state index is 0.232. The van der Waals surface area contributed by atoms with Crippen LogP contribution >= 0.6 is 0 Å². The molecule has 2 amide bonds. The summed E-state index contributed by atoms with van der Waals surface area (Å²) in [6.45, 7) is 7.56. The number of anilines is 5. The second-order valence-corrected chi connectivity index (χ2v) is 10.7. The highest BCUT2D eigenvalue weighted by molar-refractivity contribution is 6.07. The highest BCUT2D eigenvalue weighted by Gasteiger charge is 2.28. The molecule has 0 saturated carbocycles. The van der Waals surface area contributed by atoms with Crippen LogP contribution in [0.1, 0.15) is 43.6 Å². The summed E-state index contributed by atoms with van der Waals surface area (Å²) in [7, 11) is 1.76. The molecule has 2 N–H and O–H groups in total. The van der Waals surface area contributed by atoms with Crippen LogP contribution < -0.4 is 20.4 Å². The molecule has 4 aromatic rings. The molecule has 1 aromatic carbocycles. The highest BCUT2D eigenvalue weighted by Crippen LogP contribution is 2.30. The lowest BCUT2D eigenvalue weighted by Gasteiger charge is -2.27. The number of benzene rings is 1. The van der Waals surface area contributed by atoms with Crippen molar-refractivity contribution in [2.24, 2.45) is 0 Å². The summed E-state index contributed by atoms with van der Waals surface area (Å²) in [4.78, 5) is 58.7. The van der Waals surface area contributed by atoms with E-state index in [-0.39, 0.29) is 12.3 Å². The fourth-order valence-corrected chi connectivity index (χ4v) is 4.48. The summed E-state index contributed by atoms with van der Waals surface area (Å²) in [6.07, 6.45) is 8.53. The largest absolute Gasteiger partial charge is 0.458 e. The Kier molecular flexibility index (Phi) is 10.2. The predicted octanol–water partition coefficient (Wildman–Crippen LogP) is 4.63. The van der Waals surface area contributed by atoms with Gasteiger partial charge in [0.1, 0.15) is 23.7 Å². The number of hydrogen-bond donors (Lipinski definition) is 2. The Bertz CT molecular complexity index is 1580. The van der Waals surface area contributed by atoms with Crippen LogP contribution in [0.25, 0.3) is 0 Å². The molecule has 228 valence electrons. The van der Waals surface area contributed by atoms with Crippen LogP contribution in [0.3, 0.4) is 0 Å². The number of pyridine rings is 2. The summed E-state index contributed by atoms with van der Waals surface area (Å²) in [5, 5.41) is 6.26. The summed E-state index contributed by atoms with van der Waals surface area (Å²) in [5.74, 6) is 0.0188. The second-order valence-electron chi connectivity index (χ2n) is 10.7. The van der Waals surface area contributed by atoms with Gasteiger partial charge >= 0.3 is 5.97 Å². The Balaban J connectivity index is 1.63. The number of hydrogen-bond acceptors (Lipinski definition) is 10. The van der Waals surface area contributed by atoms with Crippen LogP contribution in [0.5, 0.6) is 0 Å². The van der Waals surface area contributed by atoms with Gasteiger partial charge in [-0.3, -0.25) is 19.5 Å². The fraction of sp³-hybridized carbons (Fsp3) is 0.281. The van der Waals surface area contributed by atoms with E-state index in [0.717, 1.165) is 5.56 Å². The summed E-state index contributed by atoms with van der Waals surface area (Å²) >= 11 is 0. The third-order valence-electron chi connectivity index (χ3n) is 6.52. The number of esters is 1. The molecular formula is C32H36N8O4. The molecule has 0 radical (unpaired) electrons. The fourth-order valence-electron chi connectivity index (χ4n) is 4.48. The van der Waals surface area contributed by atoms with Crippen LogP contribution in [-0.4, -0.2) is 63.5 Å². The van der Waals surface area contributed by atoms with Gasteiger partial charge in [-0.05, 0) is 69.7 Å². The lowest BCUT2D eigenvalue weighted by molar-refractivity contribution is -0.155. The number of carbonyl (C=O) groups is 3. The first-order valence-corrected chi connectivity index (χ1v) is 14.1. The number of carbonyl (C=O) groups excluding carboxylic acids is 3. The lowest BCUT2D eigenvalue weighted by Crippen LogP contribution is -2.39. The molecule has 0 saturated heterocycles. The van der Waals surface area contributed by atoms with Gasteiger partial charge in [0.15, 0.2) is 11.6 Å². The first kappa shape index (κ1) is 31.5. The molecule has 0 aliphatic rings. The number of nitrogens with zero attached hydrogens (tertiary/aromatic N) is 6. The molecule has 3 heterocycles. The van der Waals surface area contributed by atoms with Crippen molar-refractivity contribution in [2.75, 3.05) is 34.0 Å². The minimum atomic E-state index is -0.864. The standard InChI is InChI=1S/C32H36N8O4/c1-6-39(30(42)23-13-16-34-17-14-23)27-19-35-20-37-28(27)38-26(31(43)44-32(2,3)4)18-22-9-11-24(12-10-22)40(21-41)29-25(33-5)8-7-15-36-29/h7-17,19-21,26,33H,6,18H2,1-5H3,(H,35,37,38)/t26-/m0/s1. The Morgan fingerprint density at radius 1 is 1.00 bits per heavy atom. The number of aromatic nitrogens is 4. The highest BCUT2D eigenvalue weighted by atomic mass is 16.6. The second kappa shape index (κ2) is 14.2. The molecule has 1 atom stereocenters. The molecule has 12 heteroatoms. The molecule has 0 aliphatic carbocycles. The van der Waals surface area contributed by atoms with Gasteiger partial charge in [-0.15, -0.1) is 0 Å². The Labute approximate surface area is 256 Å². The average Bonchev–Trinajstić information content (AvgIpc) is 3.02. The van der Waals surface area contributed by atoms with E-state index in [4.69, 9.17) is 4.74 Å². The molecule has 0 unspecified atom stereocenters. The normalized spacial score (nSPS) is 11.7. The van der Waals surface area contributed by atoms with Crippen molar-refractivity contribution in [3.05, 3.63) is 90.8 Å². The van der Waals surface area contributed by atoms with E-state index < -0.39 is 17.6 Å². The van der Waals surface area contributed by atoms with Crippen LogP contribution in [0.15, 0.2) is 79.6 Å². The zero-order valence-corrected chi connectivity index (χ0v) is 25.4. The third kappa shape index (κ3) is 7.71. The topological polar surface area (TPSA) is 143 Å². The molecule has 44 heavy (non-hydrogen) atoms. The zero-order valence-electron chi connectivity index (χ0n) is 25.4. The van der Waals surface area contributed by atoms with Gasteiger partial charge < -0.3 is 20.3 Å². The van der Waals surface area contributed by atoms with Crippen molar-refractivity contribution < 1.29 is 19.1 Å². The maximum atomic E-state index is 13.5. The van der Waals surface area contributed by atoms with Crippen LogP contribution in [0.2, 0.25) is 0 Å². The van der Waals surface area contributed by atoms with Crippen molar-refractivity contribution >= 4 is 47.0 Å². The van der Waals surface area contributed by atoms with Gasteiger partial charge in [-0.25, -0.2) is 19.7 Å². The van der Waals surface area contributed by atoms with Crippen LogP contribution in [0.4, 0.5) is 28.7 Å². The van der Waals surface area contributed by atoms with E-state index in [9.17, 15) is 14.4 Å². The zero-order chi connectivity index (χ0) is 31.7. The summed E-state index contributed by atoms with van der Waals surface area (Å²) in [5.41, 5.74) is 2.23. The third-order valence-corrected chi connectivity index (χ3v) is 6.52. The van der Waals surface area contributed by atoms with Crippen molar-refractivity contribution in [3.63, 3.8) is 0 Å². The molecular weight excluding hydrogens is 560 g/mol. The van der Waals surface area contributed by atoms with Crippen molar-refractivity contribution in [3.8, 4) is 0 Å². The Morgan fingerprint density at radius 3 is 2.36 bits per heavy atom. The van der Waals surface area contributed by atoms with E-state index in [1.165, 1.54) is 22.3 Å². The van der Waals surface area contributed by atoms with E-state index in [1.54, 1.807) is 76.7 Å². The van der Waals surface area contributed by atoms with Gasteiger partial charge in [0.05, 0.1) is 17.6 Å². The van der Waals surface area contributed by atoms with E-state index in [1.807, 2.05) is 25.1 Å². The van der Waals surface area contributed by atoms with Gasteiger partial charge in [0, 0.05) is 44.2 Å². The maximum absolute atomic E-state index is 13.5. The average molecular weight is 597 g/mol. The minimum Gasteiger partial charge on any atom is -0.458 e. The first-order chi connectivity index (χ1) is 21.1.